The summed E-state index contributed by atoms with van der Waals surface area (Å²) in [4.78, 5) is 0. The van der Waals surface area contributed by atoms with Gasteiger partial charge in [-0.05, 0) is 51.9 Å². The number of rotatable bonds is 5. The normalized spacial score (nSPS) is 19.8. The second-order valence-corrected chi connectivity index (χ2v) is 3.47. The summed E-state index contributed by atoms with van der Waals surface area (Å²) in [7, 11) is 0. The van der Waals surface area contributed by atoms with Crippen LogP contribution in [0.5, 0.6) is 0 Å². The quantitative estimate of drug-likeness (QED) is 0.513. The van der Waals surface area contributed by atoms with E-state index in [0.29, 0.717) is 0 Å². The van der Waals surface area contributed by atoms with Crippen molar-refractivity contribution in [3.05, 3.63) is 0 Å². The van der Waals surface area contributed by atoms with Gasteiger partial charge in [-0.3, -0.25) is 0 Å². The van der Waals surface area contributed by atoms with Gasteiger partial charge in [0.1, 0.15) is 0 Å². The minimum Gasteiger partial charge on any atom is -0.330 e. The Hall–Kier alpha value is -0.120. The Labute approximate surface area is 75.1 Å². The molecule has 1 aliphatic rings. The molecule has 0 aromatic carbocycles. The second kappa shape index (κ2) is 6.40. The Morgan fingerprint density at radius 1 is 1.25 bits per heavy atom. The van der Waals surface area contributed by atoms with Gasteiger partial charge in [0.15, 0.2) is 0 Å². The molecule has 1 aliphatic heterocycles. The first-order chi connectivity index (χ1) is 5.93. The molecule has 0 saturated carbocycles. The average Bonchev–Trinajstić information content (AvgIpc) is 2.14. The smallest absolute Gasteiger partial charge is 0.00912 e. The van der Waals surface area contributed by atoms with Crippen molar-refractivity contribution in [2.24, 2.45) is 5.73 Å². The molecule has 12 heavy (non-hydrogen) atoms. The maximum absolute atomic E-state index is 5.41. The maximum Gasteiger partial charge on any atom is 0.00912 e. The Balaban J connectivity index is 1.91. The maximum atomic E-state index is 5.41. The van der Waals surface area contributed by atoms with Crippen LogP contribution in [-0.4, -0.2) is 32.2 Å². The van der Waals surface area contributed by atoms with Gasteiger partial charge in [0.2, 0.25) is 0 Å². The third-order valence-electron chi connectivity index (χ3n) is 2.40. The first-order valence-electron chi connectivity index (χ1n) is 5.07. The van der Waals surface area contributed by atoms with Crippen molar-refractivity contribution in [1.82, 2.24) is 10.6 Å². The molecule has 0 spiro atoms. The fraction of sp³-hybridized carbons (Fsp3) is 1.00. The average molecular weight is 171 g/mol. The fourth-order valence-corrected chi connectivity index (χ4v) is 1.60. The van der Waals surface area contributed by atoms with Gasteiger partial charge in [-0.1, -0.05) is 0 Å². The van der Waals surface area contributed by atoms with E-state index in [-0.39, 0.29) is 0 Å². The van der Waals surface area contributed by atoms with Gasteiger partial charge in [0.05, 0.1) is 0 Å². The van der Waals surface area contributed by atoms with Crippen molar-refractivity contribution in [2.75, 3.05) is 26.2 Å². The molecule has 0 bridgehead atoms. The van der Waals surface area contributed by atoms with E-state index in [4.69, 9.17) is 5.73 Å². The summed E-state index contributed by atoms with van der Waals surface area (Å²) < 4.78 is 0. The lowest BCUT2D eigenvalue weighted by Gasteiger charge is -2.23. The van der Waals surface area contributed by atoms with Crippen LogP contribution in [0.4, 0.5) is 0 Å². The summed E-state index contributed by atoms with van der Waals surface area (Å²) >= 11 is 0. The molecule has 1 saturated heterocycles. The van der Waals surface area contributed by atoms with Crippen molar-refractivity contribution in [3.8, 4) is 0 Å². The third kappa shape index (κ3) is 4.04. The number of nitrogens with one attached hydrogen (secondary N) is 2. The van der Waals surface area contributed by atoms with Crippen LogP contribution in [0.15, 0.2) is 0 Å². The van der Waals surface area contributed by atoms with Crippen molar-refractivity contribution < 1.29 is 0 Å². The Morgan fingerprint density at radius 3 is 2.67 bits per heavy atom. The molecule has 1 fully saturated rings. The van der Waals surface area contributed by atoms with Crippen LogP contribution >= 0.6 is 0 Å². The number of hydrogen-bond acceptors (Lipinski definition) is 3. The third-order valence-corrected chi connectivity index (χ3v) is 2.40. The van der Waals surface area contributed by atoms with E-state index in [1.807, 2.05) is 0 Å². The molecule has 1 rings (SSSR count). The molecule has 0 amide bonds. The highest BCUT2D eigenvalue weighted by atomic mass is 15.0. The van der Waals surface area contributed by atoms with Gasteiger partial charge in [0.25, 0.3) is 0 Å². The zero-order valence-electron chi connectivity index (χ0n) is 7.81. The zero-order valence-corrected chi connectivity index (χ0v) is 7.81. The molecule has 72 valence electrons. The number of unbranched alkanes of at least 4 members (excludes halogenated alkanes) is 1. The van der Waals surface area contributed by atoms with E-state index in [1.54, 1.807) is 0 Å². The molecular formula is C9H21N3. The van der Waals surface area contributed by atoms with Gasteiger partial charge in [-0.2, -0.15) is 0 Å². The summed E-state index contributed by atoms with van der Waals surface area (Å²) in [5.74, 6) is 0. The van der Waals surface area contributed by atoms with E-state index in [9.17, 15) is 0 Å². The molecule has 1 heterocycles. The molecular weight excluding hydrogens is 150 g/mol. The summed E-state index contributed by atoms with van der Waals surface area (Å²) in [6.07, 6.45) is 4.93. The number of piperidine rings is 1. The highest BCUT2D eigenvalue weighted by Crippen LogP contribution is 2.01. The molecule has 3 nitrogen and oxygen atoms in total. The first kappa shape index (κ1) is 9.96. The summed E-state index contributed by atoms with van der Waals surface area (Å²) in [5.41, 5.74) is 5.41. The molecule has 0 aliphatic carbocycles. The van der Waals surface area contributed by atoms with Crippen LogP contribution in [0.2, 0.25) is 0 Å². The minimum atomic E-state index is 0.754. The lowest BCUT2D eigenvalue weighted by molar-refractivity contribution is 0.385. The van der Waals surface area contributed by atoms with Crippen molar-refractivity contribution in [1.29, 1.82) is 0 Å². The highest BCUT2D eigenvalue weighted by Gasteiger charge is 2.10. The monoisotopic (exact) mass is 171 g/mol. The summed E-state index contributed by atoms with van der Waals surface area (Å²) in [6, 6.07) is 0.754. The minimum absolute atomic E-state index is 0.754. The van der Waals surface area contributed by atoms with Crippen molar-refractivity contribution in [2.45, 2.75) is 31.7 Å². The molecule has 0 radical (unpaired) electrons. The predicted molar refractivity (Wildman–Crippen MR) is 52.2 cm³/mol. The standard InChI is InChI=1S/C9H21N3/c10-5-1-2-6-12-9-3-7-11-8-4-9/h9,11-12H,1-8,10H2. The van der Waals surface area contributed by atoms with Crippen molar-refractivity contribution in [3.63, 3.8) is 0 Å². The van der Waals surface area contributed by atoms with Gasteiger partial charge in [-0.25, -0.2) is 0 Å². The largest absolute Gasteiger partial charge is 0.330 e. The van der Waals surface area contributed by atoms with Gasteiger partial charge in [-0.15, -0.1) is 0 Å². The van der Waals surface area contributed by atoms with E-state index in [0.717, 1.165) is 25.6 Å². The van der Waals surface area contributed by atoms with E-state index in [2.05, 4.69) is 10.6 Å². The molecule has 0 aromatic rings. The Kier molecular flexibility index (Phi) is 5.32. The number of nitrogens with two attached hydrogens (primary N) is 1. The van der Waals surface area contributed by atoms with Crippen LogP contribution in [-0.2, 0) is 0 Å². The van der Waals surface area contributed by atoms with Crippen LogP contribution in [0.25, 0.3) is 0 Å². The SMILES string of the molecule is NCCCCNC1CCNCC1. The lowest BCUT2D eigenvalue weighted by Crippen LogP contribution is -2.40. The van der Waals surface area contributed by atoms with Gasteiger partial charge < -0.3 is 16.4 Å². The molecule has 4 N–H and O–H groups in total. The second-order valence-electron chi connectivity index (χ2n) is 3.47. The van der Waals surface area contributed by atoms with E-state index in [1.165, 1.54) is 32.4 Å². The Morgan fingerprint density at radius 2 is 2.00 bits per heavy atom. The topological polar surface area (TPSA) is 50.1 Å². The van der Waals surface area contributed by atoms with Crippen LogP contribution in [0, 0.1) is 0 Å². The van der Waals surface area contributed by atoms with Gasteiger partial charge >= 0.3 is 0 Å². The fourth-order valence-electron chi connectivity index (χ4n) is 1.60. The van der Waals surface area contributed by atoms with Crippen LogP contribution in [0.1, 0.15) is 25.7 Å². The van der Waals surface area contributed by atoms with Crippen molar-refractivity contribution >= 4 is 0 Å². The van der Waals surface area contributed by atoms with E-state index < -0.39 is 0 Å². The van der Waals surface area contributed by atoms with Crippen LogP contribution < -0.4 is 16.4 Å². The Bertz CT molecular complexity index is 99.9. The summed E-state index contributed by atoms with van der Waals surface area (Å²) in [5, 5.41) is 6.92. The summed E-state index contributed by atoms with van der Waals surface area (Å²) in [6.45, 7) is 4.32. The van der Waals surface area contributed by atoms with E-state index >= 15 is 0 Å². The lowest BCUT2D eigenvalue weighted by atomic mass is 10.1. The predicted octanol–water partition coefficient (Wildman–Crippen LogP) is 0.0669. The molecule has 0 unspecified atom stereocenters. The molecule has 3 heteroatoms. The zero-order chi connectivity index (χ0) is 8.65. The van der Waals surface area contributed by atoms with Gasteiger partial charge in [0, 0.05) is 6.04 Å². The van der Waals surface area contributed by atoms with Crippen LogP contribution in [0.3, 0.4) is 0 Å². The molecule has 0 aromatic heterocycles. The molecule has 0 atom stereocenters. The first-order valence-corrected chi connectivity index (χ1v) is 5.07. The highest BCUT2D eigenvalue weighted by molar-refractivity contribution is 4.73. The number of hydrogen-bond donors (Lipinski definition) is 3.